The van der Waals surface area contributed by atoms with Crippen molar-refractivity contribution in [1.29, 1.82) is 0 Å². The average Bonchev–Trinajstić information content (AvgIpc) is 2.60. The second kappa shape index (κ2) is 5.85. The fraction of sp³-hybridized carbons (Fsp3) is 0.500. The maximum atomic E-state index is 5.83. The summed E-state index contributed by atoms with van der Waals surface area (Å²) in [5.74, 6) is 0.836. The molecule has 0 aliphatic carbocycles. The molecule has 0 aliphatic rings. The summed E-state index contributed by atoms with van der Waals surface area (Å²) in [6.07, 6.45) is 4.88. The number of allylic oxidation sites excluding steroid dienone is 1. The van der Waals surface area contributed by atoms with Crippen LogP contribution in [0.15, 0.2) is 16.9 Å². The molecule has 1 rings (SSSR count). The van der Waals surface area contributed by atoms with Crippen LogP contribution >= 0.6 is 11.6 Å². The molecule has 0 N–H and O–H groups in total. The van der Waals surface area contributed by atoms with Gasteiger partial charge < -0.3 is 4.57 Å². The van der Waals surface area contributed by atoms with Gasteiger partial charge >= 0.3 is 0 Å². The first-order chi connectivity index (χ1) is 7.58. The van der Waals surface area contributed by atoms with Crippen LogP contribution in [0.2, 0.25) is 0 Å². The first-order valence-electron chi connectivity index (χ1n) is 5.51. The number of aromatic nitrogens is 2. The number of rotatable bonds is 4. The summed E-state index contributed by atoms with van der Waals surface area (Å²) >= 11 is 5.83. The van der Waals surface area contributed by atoms with Gasteiger partial charge in [-0.15, -0.1) is 0 Å². The van der Waals surface area contributed by atoms with Crippen LogP contribution in [-0.2, 0) is 6.54 Å². The average molecular weight is 240 g/mol. The summed E-state index contributed by atoms with van der Waals surface area (Å²) in [6, 6.07) is 0. The predicted octanol–water partition coefficient (Wildman–Crippen LogP) is 4.01. The standard InChI is InChI=1S/C12H18ClN3/c1-5-9(3)7-11-12(15-10(4)13)16(6-2)8-14-11/h7-8H,5-6H2,1-4H3. The molecule has 0 saturated heterocycles. The van der Waals surface area contributed by atoms with E-state index in [9.17, 15) is 0 Å². The Balaban J connectivity index is 3.20. The van der Waals surface area contributed by atoms with Crippen molar-refractivity contribution in [2.75, 3.05) is 0 Å². The zero-order chi connectivity index (χ0) is 12.1. The van der Waals surface area contributed by atoms with E-state index in [-0.39, 0.29) is 0 Å². The zero-order valence-corrected chi connectivity index (χ0v) is 11.0. The molecule has 0 amide bonds. The number of aryl methyl sites for hydroxylation is 1. The summed E-state index contributed by atoms with van der Waals surface area (Å²) in [6.45, 7) is 8.89. The highest BCUT2D eigenvalue weighted by Gasteiger charge is 2.07. The van der Waals surface area contributed by atoms with Crippen LogP contribution in [0.1, 0.15) is 39.8 Å². The Bertz CT molecular complexity index is 412. The molecule has 3 nitrogen and oxygen atoms in total. The van der Waals surface area contributed by atoms with E-state index in [0.717, 1.165) is 24.5 Å². The van der Waals surface area contributed by atoms with Gasteiger partial charge in [0.05, 0.1) is 6.33 Å². The van der Waals surface area contributed by atoms with Crippen molar-refractivity contribution in [2.45, 2.75) is 40.7 Å². The fourth-order valence-corrected chi connectivity index (χ4v) is 1.41. The molecule has 0 unspecified atom stereocenters. The quantitative estimate of drug-likeness (QED) is 0.731. The van der Waals surface area contributed by atoms with Gasteiger partial charge in [-0.3, -0.25) is 0 Å². The third-order valence-electron chi connectivity index (χ3n) is 2.38. The van der Waals surface area contributed by atoms with Gasteiger partial charge in [-0.1, -0.05) is 24.1 Å². The van der Waals surface area contributed by atoms with Crippen molar-refractivity contribution >= 4 is 28.7 Å². The van der Waals surface area contributed by atoms with Crippen LogP contribution in [0.4, 0.5) is 5.82 Å². The summed E-state index contributed by atoms with van der Waals surface area (Å²) in [5, 5.41) is 0.527. The molecule has 0 atom stereocenters. The lowest BCUT2D eigenvalue weighted by molar-refractivity contribution is 0.764. The van der Waals surface area contributed by atoms with Crippen molar-refractivity contribution in [3.8, 4) is 0 Å². The summed E-state index contributed by atoms with van der Waals surface area (Å²) in [4.78, 5) is 8.66. The minimum Gasteiger partial charge on any atom is -0.316 e. The molecule has 0 radical (unpaired) electrons. The number of nitrogens with zero attached hydrogens (tertiary/aromatic N) is 3. The number of halogens is 1. The molecule has 0 saturated carbocycles. The predicted molar refractivity (Wildman–Crippen MR) is 70.5 cm³/mol. The smallest absolute Gasteiger partial charge is 0.161 e. The molecular formula is C12H18ClN3. The molecule has 0 aromatic carbocycles. The second-order valence-corrected chi connectivity index (χ2v) is 4.24. The van der Waals surface area contributed by atoms with E-state index in [4.69, 9.17) is 11.6 Å². The van der Waals surface area contributed by atoms with Gasteiger partial charge in [-0.25, -0.2) is 9.98 Å². The highest BCUT2D eigenvalue weighted by atomic mass is 35.5. The Kier molecular flexibility index (Phi) is 4.74. The molecule has 0 spiro atoms. The Morgan fingerprint density at radius 1 is 1.50 bits per heavy atom. The number of hydrogen-bond acceptors (Lipinski definition) is 2. The normalized spacial score (nSPS) is 13.3. The molecule has 0 aliphatic heterocycles. The molecule has 0 bridgehead atoms. The number of hydrogen-bond donors (Lipinski definition) is 0. The largest absolute Gasteiger partial charge is 0.316 e. The Hall–Kier alpha value is -1.09. The van der Waals surface area contributed by atoms with Crippen LogP contribution in [0.5, 0.6) is 0 Å². The van der Waals surface area contributed by atoms with Crippen molar-refractivity contribution in [2.24, 2.45) is 4.99 Å². The van der Waals surface area contributed by atoms with Crippen molar-refractivity contribution in [3.05, 3.63) is 17.6 Å². The lowest BCUT2D eigenvalue weighted by Crippen LogP contribution is -1.91. The van der Waals surface area contributed by atoms with E-state index in [1.165, 1.54) is 5.57 Å². The Labute approximate surface area is 102 Å². The fourth-order valence-electron chi connectivity index (χ4n) is 1.33. The minimum atomic E-state index is 0.527. The maximum Gasteiger partial charge on any atom is 0.161 e. The molecule has 88 valence electrons. The van der Waals surface area contributed by atoms with Crippen LogP contribution in [0.3, 0.4) is 0 Å². The van der Waals surface area contributed by atoms with E-state index in [1.54, 1.807) is 13.3 Å². The van der Waals surface area contributed by atoms with Gasteiger partial charge in [-0.05, 0) is 33.3 Å². The lowest BCUT2D eigenvalue weighted by Gasteiger charge is -2.01. The first-order valence-corrected chi connectivity index (χ1v) is 5.89. The molecule has 4 heteroatoms. The monoisotopic (exact) mass is 239 g/mol. The van der Waals surface area contributed by atoms with Crippen molar-refractivity contribution < 1.29 is 0 Å². The Morgan fingerprint density at radius 3 is 2.69 bits per heavy atom. The lowest BCUT2D eigenvalue weighted by atomic mass is 10.2. The van der Waals surface area contributed by atoms with Gasteiger partial charge in [0.1, 0.15) is 10.9 Å². The minimum absolute atomic E-state index is 0.527. The van der Waals surface area contributed by atoms with Crippen LogP contribution in [-0.4, -0.2) is 14.7 Å². The van der Waals surface area contributed by atoms with Crippen LogP contribution in [0.25, 0.3) is 6.08 Å². The maximum absolute atomic E-state index is 5.83. The third-order valence-corrected chi connectivity index (χ3v) is 2.46. The Morgan fingerprint density at radius 2 is 2.19 bits per heavy atom. The summed E-state index contributed by atoms with van der Waals surface area (Å²) in [7, 11) is 0. The van der Waals surface area contributed by atoms with E-state index in [2.05, 4.69) is 36.8 Å². The highest BCUT2D eigenvalue weighted by Crippen LogP contribution is 2.22. The van der Waals surface area contributed by atoms with E-state index < -0.39 is 0 Å². The summed E-state index contributed by atoms with van der Waals surface area (Å²) < 4.78 is 1.99. The SMILES string of the molecule is CCC(C)=Cc1ncn(CC)c1N=C(C)Cl. The van der Waals surface area contributed by atoms with Crippen molar-refractivity contribution in [1.82, 2.24) is 9.55 Å². The molecule has 1 aromatic rings. The molecular weight excluding hydrogens is 222 g/mol. The van der Waals surface area contributed by atoms with E-state index >= 15 is 0 Å². The van der Waals surface area contributed by atoms with E-state index in [1.807, 2.05) is 4.57 Å². The van der Waals surface area contributed by atoms with Gasteiger partial charge in [0.15, 0.2) is 5.82 Å². The zero-order valence-electron chi connectivity index (χ0n) is 10.3. The van der Waals surface area contributed by atoms with Crippen LogP contribution in [0, 0.1) is 0 Å². The summed E-state index contributed by atoms with van der Waals surface area (Å²) in [5.41, 5.74) is 2.17. The van der Waals surface area contributed by atoms with Gasteiger partial charge in [0.25, 0.3) is 0 Å². The molecule has 0 fully saturated rings. The molecule has 1 heterocycles. The van der Waals surface area contributed by atoms with Crippen molar-refractivity contribution in [3.63, 3.8) is 0 Å². The second-order valence-electron chi connectivity index (χ2n) is 3.69. The molecule has 1 aromatic heterocycles. The van der Waals surface area contributed by atoms with Crippen LogP contribution < -0.4 is 0 Å². The first kappa shape index (κ1) is 13.0. The highest BCUT2D eigenvalue weighted by molar-refractivity contribution is 6.65. The van der Waals surface area contributed by atoms with Gasteiger partial charge in [0.2, 0.25) is 0 Å². The third kappa shape index (κ3) is 3.20. The van der Waals surface area contributed by atoms with Gasteiger partial charge in [-0.2, -0.15) is 0 Å². The number of imidazole rings is 1. The number of aliphatic imine (C=N–C) groups is 1. The topological polar surface area (TPSA) is 30.2 Å². The van der Waals surface area contributed by atoms with E-state index in [0.29, 0.717) is 5.17 Å². The van der Waals surface area contributed by atoms with Gasteiger partial charge in [0, 0.05) is 6.54 Å². The molecule has 16 heavy (non-hydrogen) atoms.